The molecule has 7 nitrogen and oxygen atoms in total. The van der Waals surface area contributed by atoms with E-state index >= 15 is 0 Å². The molecule has 0 aliphatic carbocycles. The normalized spacial score (nSPS) is 16.7. The summed E-state index contributed by atoms with van der Waals surface area (Å²) in [4.78, 5) is 18.2. The van der Waals surface area contributed by atoms with Gasteiger partial charge in [0.1, 0.15) is 5.01 Å². The molecular weight excluding hydrogens is 362 g/mol. The Balaban J connectivity index is 1.22. The maximum absolute atomic E-state index is 5.47. The molecule has 0 spiro atoms. The molecule has 4 heterocycles. The van der Waals surface area contributed by atoms with Crippen molar-refractivity contribution in [2.24, 2.45) is 0 Å². The Hall–Kier alpha value is -2.71. The van der Waals surface area contributed by atoms with Crippen molar-refractivity contribution in [1.82, 2.24) is 19.9 Å². The molecule has 0 radical (unpaired) electrons. The fourth-order valence-electron chi connectivity index (χ4n) is 3.33. The smallest absolute Gasteiger partial charge is 0.231 e. The maximum Gasteiger partial charge on any atom is 0.231 e. The van der Waals surface area contributed by atoms with Crippen LogP contribution in [0.2, 0.25) is 0 Å². The third-order valence-electron chi connectivity index (χ3n) is 4.76. The van der Waals surface area contributed by atoms with Crippen LogP contribution in [0.25, 0.3) is 10.6 Å². The van der Waals surface area contributed by atoms with E-state index < -0.39 is 0 Å². The zero-order chi connectivity index (χ0) is 18.1. The van der Waals surface area contributed by atoms with Crippen molar-refractivity contribution < 1.29 is 9.47 Å². The second-order valence-corrected chi connectivity index (χ2v) is 7.38. The number of anilines is 1. The Morgan fingerprint density at radius 2 is 1.81 bits per heavy atom. The third-order valence-corrected chi connectivity index (χ3v) is 5.70. The van der Waals surface area contributed by atoms with Gasteiger partial charge in [-0.15, -0.1) is 11.3 Å². The van der Waals surface area contributed by atoms with Gasteiger partial charge in [0.2, 0.25) is 12.7 Å². The van der Waals surface area contributed by atoms with Crippen molar-refractivity contribution in [2.45, 2.75) is 6.54 Å². The van der Waals surface area contributed by atoms with Gasteiger partial charge in [0, 0.05) is 56.1 Å². The Labute approximate surface area is 161 Å². The summed E-state index contributed by atoms with van der Waals surface area (Å²) in [6, 6.07) is 7.83. The SMILES string of the molecule is c1cnc(N2CCN(Cc3csc(-c4ccc5c(c4)OCO5)n3)CC2)nc1. The average molecular weight is 381 g/mol. The van der Waals surface area contributed by atoms with Crippen LogP contribution in [-0.4, -0.2) is 52.8 Å². The highest BCUT2D eigenvalue weighted by molar-refractivity contribution is 7.13. The van der Waals surface area contributed by atoms with Crippen LogP contribution in [-0.2, 0) is 6.54 Å². The van der Waals surface area contributed by atoms with Crippen LogP contribution in [0.3, 0.4) is 0 Å². The largest absolute Gasteiger partial charge is 0.454 e. The zero-order valence-corrected chi connectivity index (χ0v) is 15.6. The third kappa shape index (κ3) is 3.45. The minimum atomic E-state index is 0.294. The molecule has 1 aromatic carbocycles. The van der Waals surface area contributed by atoms with Crippen LogP contribution in [0, 0.1) is 0 Å². The number of piperazine rings is 1. The van der Waals surface area contributed by atoms with E-state index in [0.717, 1.165) is 66.4 Å². The first kappa shape index (κ1) is 16.5. The van der Waals surface area contributed by atoms with Gasteiger partial charge in [0.15, 0.2) is 11.5 Å². The van der Waals surface area contributed by atoms with Crippen molar-refractivity contribution in [2.75, 3.05) is 37.9 Å². The Bertz CT molecular complexity index is 925. The van der Waals surface area contributed by atoms with Crippen molar-refractivity contribution in [3.05, 3.63) is 47.7 Å². The summed E-state index contributed by atoms with van der Waals surface area (Å²) in [6.07, 6.45) is 3.59. The summed E-state index contributed by atoms with van der Waals surface area (Å²) < 4.78 is 10.8. The first-order valence-electron chi connectivity index (χ1n) is 8.94. The van der Waals surface area contributed by atoms with Gasteiger partial charge in [0.25, 0.3) is 0 Å². The van der Waals surface area contributed by atoms with Crippen molar-refractivity contribution in [3.63, 3.8) is 0 Å². The highest BCUT2D eigenvalue weighted by Crippen LogP contribution is 2.36. The molecule has 0 amide bonds. The molecule has 138 valence electrons. The number of ether oxygens (including phenoxy) is 2. The molecule has 5 rings (SSSR count). The molecule has 2 aliphatic rings. The summed E-state index contributed by atoms with van der Waals surface area (Å²) in [5, 5.41) is 3.16. The van der Waals surface area contributed by atoms with E-state index in [2.05, 4.69) is 25.1 Å². The number of hydrogen-bond acceptors (Lipinski definition) is 8. The Morgan fingerprint density at radius 1 is 1.00 bits per heavy atom. The number of rotatable bonds is 4. The van der Waals surface area contributed by atoms with E-state index in [4.69, 9.17) is 14.5 Å². The molecule has 1 fully saturated rings. The second kappa shape index (κ2) is 7.13. The lowest BCUT2D eigenvalue weighted by molar-refractivity contribution is 0.174. The van der Waals surface area contributed by atoms with Gasteiger partial charge in [-0.2, -0.15) is 0 Å². The maximum atomic E-state index is 5.47. The van der Waals surface area contributed by atoms with Crippen LogP contribution in [0.4, 0.5) is 5.95 Å². The second-order valence-electron chi connectivity index (χ2n) is 6.52. The fourth-order valence-corrected chi connectivity index (χ4v) is 4.14. The average Bonchev–Trinajstić information content (AvgIpc) is 3.38. The fraction of sp³-hybridized carbons (Fsp3) is 0.316. The number of benzene rings is 1. The number of fused-ring (bicyclic) bond motifs is 1. The van der Waals surface area contributed by atoms with E-state index in [0.29, 0.717) is 6.79 Å². The van der Waals surface area contributed by atoms with Gasteiger partial charge in [-0.3, -0.25) is 4.90 Å². The van der Waals surface area contributed by atoms with Gasteiger partial charge < -0.3 is 14.4 Å². The predicted molar refractivity (Wildman–Crippen MR) is 103 cm³/mol. The summed E-state index contributed by atoms with van der Waals surface area (Å²) in [6.45, 7) is 4.99. The minimum Gasteiger partial charge on any atom is -0.454 e. The van der Waals surface area contributed by atoms with E-state index in [1.807, 2.05) is 24.3 Å². The molecule has 27 heavy (non-hydrogen) atoms. The summed E-state index contributed by atoms with van der Waals surface area (Å²) in [5.74, 6) is 2.41. The minimum absolute atomic E-state index is 0.294. The van der Waals surface area contributed by atoms with Crippen LogP contribution in [0.1, 0.15) is 5.69 Å². The van der Waals surface area contributed by atoms with Crippen LogP contribution >= 0.6 is 11.3 Å². The van der Waals surface area contributed by atoms with Gasteiger partial charge in [-0.1, -0.05) is 0 Å². The first-order chi connectivity index (χ1) is 13.3. The van der Waals surface area contributed by atoms with E-state index in [-0.39, 0.29) is 0 Å². The highest BCUT2D eigenvalue weighted by Gasteiger charge is 2.20. The lowest BCUT2D eigenvalue weighted by atomic mass is 10.2. The molecule has 0 N–H and O–H groups in total. The van der Waals surface area contributed by atoms with E-state index in [9.17, 15) is 0 Å². The molecular formula is C19H19N5O2S. The van der Waals surface area contributed by atoms with Gasteiger partial charge in [-0.25, -0.2) is 15.0 Å². The molecule has 2 aromatic heterocycles. The monoisotopic (exact) mass is 381 g/mol. The van der Waals surface area contributed by atoms with E-state index in [1.54, 1.807) is 23.7 Å². The van der Waals surface area contributed by atoms with Crippen molar-refractivity contribution in [1.29, 1.82) is 0 Å². The topological polar surface area (TPSA) is 63.6 Å². The Morgan fingerprint density at radius 3 is 2.67 bits per heavy atom. The van der Waals surface area contributed by atoms with Crippen molar-refractivity contribution in [3.8, 4) is 22.1 Å². The van der Waals surface area contributed by atoms with Crippen LogP contribution < -0.4 is 14.4 Å². The number of thiazole rings is 1. The number of nitrogens with zero attached hydrogens (tertiary/aromatic N) is 5. The number of hydrogen-bond donors (Lipinski definition) is 0. The molecule has 1 saturated heterocycles. The van der Waals surface area contributed by atoms with Crippen molar-refractivity contribution >= 4 is 17.3 Å². The molecule has 0 unspecified atom stereocenters. The highest BCUT2D eigenvalue weighted by atomic mass is 32.1. The van der Waals surface area contributed by atoms with Gasteiger partial charge in [-0.05, 0) is 24.3 Å². The molecule has 0 atom stereocenters. The lowest BCUT2D eigenvalue weighted by Gasteiger charge is -2.34. The number of aromatic nitrogens is 3. The van der Waals surface area contributed by atoms with Gasteiger partial charge >= 0.3 is 0 Å². The van der Waals surface area contributed by atoms with E-state index in [1.165, 1.54) is 0 Å². The van der Waals surface area contributed by atoms with Crippen LogP contribution in [0.15, 0.2) is 42.0 Å². The summed E-state index contributed by atoms with van der Waals surface area (Å²) in [7, 11) is 0. The summed E-state index contributed by atoms with van der Waals surface area (Å²) in [5.41, 5.74) is 2.18. The quantitative estimate of drug-likeness (QED) is 0.688. The lowest BCUT2D eigenvalue weighted by Crippen LogP contribution is -2.46. The van der Waals surface area contributed by atoms with Crippen LogP contribution in [0.5, 0.6) is 11.5 Å². The summed E-state index contributed by atoms with van der Waals surface area (Å²) >= 11 is 1.67. The molecule has 0 bridgehead atoms. The Kier molecular flexibility index (Phi) is 4.35. The molecule has 0 saturated carbocycles. The molecule has 2 aliphatic heterocycles. The zero-order valence-electron chi connectivity index (χ0n) is 14.7. The van der Waals surface area contributed by atoms with Gasteiger partial charge in [0.05, 0.1) is 5.69 Å². The molecule has 8 heteroatoms. The first-order valence-corrected chi connectivity index (χ1v) is 9.82. The molecule has 3 aromatic rings. The predicted octanol–water partition coefficient (Wildman–Crippen LogP) is 2.65. The standard InChI is InChI=1S/C19H19N5O2S/c1-4-20-19(21-5-1)24-8-6-23(7-9-24)11-15-12-27-18(22-15)14-2-3-16-17(10-14)26-13-25-16/h1-5,10,12H,6-9,11,13H2.